The molecule has 21 heavy (non-hydrogen) atoms. The van der Waals surface area contributed by atoms with Crippen molar-refractivity contribution < 1.29 is 4.74 Å². The van der Waals surface area contributed by atoms with Crippen LogP contribution in [0.5, 0.6) is 5.75 Å². The zero-order valence-corrected chi connectivity index (χ0v) is 14.5. The molecule has 3 nitrogen and oxygen atoms in total. The van der Waals surface area contributed by atoms with Crippen LogP contribution in [0.3, 0.4) is 0 Å². The van der Waals surface area contributed by atoms with Crippen LogP contribution in [-0.4, -0.2) is 18.1 Å². The zero-order chi connectivity index (χ0) is 14.7. The summed E-state index contributed by atoms with van der Waals surface area (Å²) >= 11 is 5.33. The van der Waals surface area contributed by atoms with Gasteiger partial charge in [0.15, 0.2) is 0 Å². The summed E-state index contributed by atoms with van der Waals surface area (Å²) in [5.74, 6) is 1.09. The lowest BCUT2D eigenvalue weighted by Gasteiger charge is -2.18. The van der Waals surface area contributed by atoms with Crippen molar-refractivity contribution in [2.75, 3.05) is 13.2 Å². The van der Waals surface area contributed by atoms with Crippen LogP contribution in [0, 0.1) is 0 Å². The molecule has 1 atom stereocenters. The quantitative estimate of drug-likeness (QED) is 0.834. The lowest BCUT2D eigenvalue weighted by molar-refractivity contribution is 0.351. The second kappa shape index (κ2) is 6.90. The summed E-state index contributed by atoms with van der Waals surface area (Å²) in [7, 11) is 0. The molecule has 0 bridgehead atoms. The van der Waals surface area contributed by atoms with Crippen molar-refractivity contribution in [1.82, 2.24) is 10.3 Å². The lowest BCUT2D eigenvalue weighted by atomic mass is 10.0. The minimum Gasteiger partial charge on any atom is -0.493 e. The van der Waals surface area contributed by atoms with Crippen LogP contribution in [0.1, 0.15) is 35.4 Å². The van der Waals surface area contributed by atoms with Gasteiger partial charge in [-0.1, -0.05) is 22.9 Å². The fourth-order valence-electron chi connectivity index (χ4n) is 2.71. The molecule has 0 saturated carbocycles. The van der Waals surface area contributed by atoms with E-state index < -0.39 is 0 Å². The lowest BCUT2D eigenvalue weighted by Crippen LogP contribution is -2.23. The summed E-state index contributed by atoms with van der Waals surface area (Å²) in [6, 6.07) is 4.67. The van der Waals surface area contributed by atoms with E-state index in [1.54, 1.807) is 11.3 Å². The van der Waals surface area contributed by atoms with Gasteiger partial charge in [0.25, 0.3) is 0 Å². The SMILES string of the molecule is CCCNC(Cc1cc(Br)cc2c1OCC2)c1cncs1. The zero-order valence-electron chi connectivity index (χ0n) is 12.1. The third kappa shape index (κ3) is 3.47. The molecule has 3 rings (SSSR count). The fraction of sp³-hybridized carbons (Fsp3) is 0.438. The summed E-state index contributed by atoms with van der Waals surface area (Å²) in [4.78, 5) is 5.51. The number of nitrogens with one attached hydrogen (secondary N) is 1. The second-order valence-corrected chi connectivity index (χ2v) is 7.10. The highest BCUT2D eigenvalue weighted by molar-refractivity contribution is 9.10. The van der Waals surface area contributed by atoms with Crippen molar-refractivity contribution >= 4 is 27.3 Å². The Hall–Kier alpha value is -0.910. The minimum absolute atomic E-state index is 0.306. The Morgan fingerprint density at radius 2 is 2.38 bits per heavy atom. The molecule has 1 unspecified atom stereocenters. The molecule has 1 aliphatic heterocycles. The first-order valence-corrected chi connectivity index (χ1v) is 9.01. The number of nitrogens with zero attached hydrogens (tertiary/aromatic N) is 1. The van der Waals surface area contributed by atoms with Gasteiger partial charge < -0.3 is 10.1 Å². The number of thiazole rings is 1. The number of hydrogen-bond acceptors (Lipinski definition) is 4. The van der Waals surface area contributed by atoms with Crippen molar-refractivity contribution in [3.8, 4) is 5.75 Å². The molecule has 5 heteroatoms. The highest BCUT2D eigenvalue weighted by atomic mass is 79.9. The van der Waals surface area contributed by atoms with Crippen molar-refractivity contribution in [1.29, 1.82) is 0 Å². The van der Waals surface area contributed by atoms with Crippen LogP contribution < -0.4 is 10.1 Å². The third-order valence-electron chi connectivity index (χ3n) is 3.68. The molecule has 0 aliphatic carbocycles. The van der Waals surface area contributed by atoms with E-state index in [0.29, 0.717) is 6.04 Å². The summed E-state index contributed by atoms with van der Waals surface area (Å²) in [6.07, 6.45) is 5.04. The summed E-state index contributed by atoms with van der Waals surface area (Å²) in [5, 5.41) is 3.63. The van der Waals surface area contributed by atoms with Crippen molar-refractivity contribution in [2.45, 2.75) is 32.2 Å². The maximum Gasteiger partial charge on any atom is 0.125 e. The molecule has 0 fully saturated rings. The number of benzene rings is 1. The molecule has 1 aromatic carbocycles. The molecule has 0 radical (unpaired) electrons. The largest absolute Gasteiger partial charge is 0.493 e. The van der Waals surface area contributed by atoms with Gasteiger partial charge >= 0.3 is 0 Å². The Morgan fingerprint density at radius 3 is 3.14 bits per heavy atom. The molecule has 2 aromatic rings. The highest BCUT2D eigenvalue weighted by Crippen LogP contribution is 2.35. The van der Waals surface area contributed by atoms with Gasteiger partial charge in [0.1, 0.15) is 5.75 Å². The van der Waals surface area contributed by atoms with Gasteiger partial charge in [-0.2, -0.15) is 0 Å². The molecule has 0 spiro atoms. The predicted octanol–water partition coefficient (Wildman–Crippen LogP) is 4.12. The average molecular weight is 367 g/mol. The Bertz CT molecular complexity index is 601. The minimum atomic E-state index is 0.306. The van der Waals surface area contributed by atoms with Crippen molar-refractivity contribution in [3.63, 3.8) is 0 Å². The van der Waals surface area contributed by atoms with Crippen LogP contribution in [0.25, 0.3) is 0 Å². The van der Waals surface area contributed by atoms with Gasteiger partial charge in [-0.3, -0.25) is 4.98 Å². The smallest absolute Gasteiger partial charge is 0.125 e. The van der Waals surface area contributed by atoms with E-state index in [-0.39, 0.29) is 0 Å². The van der Waals surface area contributed by atoms with Crippen LogP contribution in [-0.2, 0) is 12.8 Å². The van der Waals surface area contributed by atoms with Crippen LogP contribution in [0.2, 0.25) is 0 Å². The second-order valence-electron chi connectivity index (χ2n) is 5.27. The van der Waals surface area contributed by atoms with Crippen LogP contribution in [0.15, 0.2) is 28.3 Å². The molecule has 0 saturated heterocycles. The number of rotatable bonds is 6. The summed E-state index contributed by atoms with van der Waals surface area (Å²) in [6.45, 7) is 4.00. The highest BCUT2D eigenvalue weighted by Gasteiger charge is 2.21. The van der Waals surface area contributed by atoms with E-state index in [4.69, 9.17) is 4.74 Å². The van der Waals surface area contributed by atoms with Crippen LogP contribution >= 0.6 is 27.3 Å². The normalized spacial score (nSPS) is 14.8. The molecule has 112 valence electrons. The molecule has 1 N–H and O–H groups in total. The molecular formula is C16H19BrN2OS. The van der Waals surface area contributed by atoms with E-state index in [0.717, 1.165) is 42.6 Å². The van der Waals surface area contributed by atoms with Gasteiger partial charge in [0, 0.05) is 28.0 Å². The number of ether oxygens (including phenoxy) is 1. The van der Waals surface area contributed by atoms with E-state index in [2.05, 4.69) is 45.3 Å². The van der Waals surface area contributed by atoms with Gasteiger partial charge in [0.2, 0.25) is 0 Å². The first-order chi connectivity index (χ1) is 10.3. The van der Waals surface area contributed by atoms with Gasteiger partial charge in [-0.15, -0.1) is 11.3 Å². The molecule has 2 heterocycles. The average Bonchev–Trinajstić information content (AvgIpc) is 3.13. The summed E-state index contributed by atoms with van der Waals surface area (Å²) < 4.78 is 6.99. The number of fused-ring (bicyclic) bond motifs is 1. The molecule has 0 amide bonds. The van der Waals surface area contributed by atoms with Gasteiger partial charge in [0.05, 0.1) is 12.1 Å². The van der Waals surface area contributed by atoms with E-state index >= 15 is 0 Å². The molecule has 1 aliphatic rings. The van der Waals surface area contributed by atoms with Crippen molar-refractivity contribution in [3.05, 3.63) is 44.3 Å². The summed E-state index contributed by atoms with van der Waals surface area (Å²) in [5.41, 5.74) is 4.49. The Morgan fingerprint density at radius 1 is 1.48 bits per heavy atom. The van der Waals surface area contributed by atoms with Gasteiger partial charge in [-0.05, 0) is 42.6 Å². The van der Waals surface area contributed by atoms with Crippen LogP contribution in [0.4, 0.5) is 0 Å². The van der Waals surface area contributed by atoms with E-state index in [1.165, 1.54) is 16.0 Å². The Kier molecular flexibility index (Phi) is 4.93. The first-order valence-electron chi connectivity index (χ1n) is 7.33. The topological polar surface area (TPSA) is 34.1 Å². The standard InChI is InChI=1S/C16H19BrN2OS/c1-2-4-19-14(15-9-18-10-21-15)8-12-7-13(17)6-11-3-5-20-16(11)12/h6-7,9-10,14,19H,2-5,8H2,1H3. The first kappa shape index (κ1) is 15.0. The monoisotopic (exact) mass is 366 g/mol. The van der Waals surface area contributed by atoms with Gasteiger partial charge in [-0.25, -0.2) is 0 Å². The maximum atomic E-state index is 5.85. The third-order valence-corrected chi connectivity index (χ3v) is 5.03. The Balaban J connectivity index is 1.86. The van der Waals surface area contributed by atoms with Crippen molar-refractivity contribution in [2.24, 2.45) is 0 Å². The number of halogens is 1. The Labute approximate surface area is 137 Å². The fourth-order valence-corrected chi connectivity index (χ4v) is 3.96. The maximum absolute atomic E-state index is 5.85. The van der Waals surface area contributed by atoms with E-state index in [1.807, 2.05) is 11.7 Å². The molecular weight excluding hydrogens is 348 g/mol. The number of aromatic nitrogens is 1. The van der Waals surface area contributed by atoms with E-state index in [9.17, 15) is 0 Å². The predicted molar refractivity (Wildman–Crippen MR) is 90.2 cm³/mol. The molecule has 1 aromatic heterocycles. The number of hydrogen-bond donors (Lipinski definition) is 1.